The van der Waals surface area contributed by atoms with Crippen molar-refractivity contribution in [1.29, 1.82) is 0 Å². The van der Waals surface area contributed by atoms with Crippen LogP contribution >= 0.6 is 0 Å². The van der Waals surface area contributed by atoms with Crippen molar-refractivity contribution in [2.45, 2.75) is 13.1 Å². The molecule has 1 aliphatic heterocycles. The molecule has 0 bridgehead atoms. The molecule has 0 fully saturated rings. The number of aliphatic imine (C=N–C) groups is 1. The zero-order valence-corrected chi connectivity index (χ0v) is 21.7. The topological polar surface area (TPSA) is 80.7 Å². The highest BCUT2D eigenvalue weighted by Gasteiger charge is 2.14. The van der Waals surface area contributed by atoms with Crippen molar-refractivity contribution >= 4 is 34.3 Å². The summed E-state index contributed by atoms with van der Waals surface area (Å²) in [7, 11) is 1.66. The van der Waals surface area contributed by atoms with Crippen molar-refractivity contribution in [2.75, 3.05) is 31.0 Å². The van der Waals surface area contributed by atoms with Gasteiger partial charge in [-0.1, -0.05) is 48.5 Å². The molecule has 194 valence electrons. The highest BCUT2D eigenvalue weighted by Crippen LogP contribution is 2.32. The van der Waals surface area contributed by atoms with Crippen LogP contribution in [0, 0.1) is 0 Å². The predicted molar refractivity (Wildman–Crippen MR) is 157 cm³/mol. The molecule has 7 heteroatoms. The smallest absolute Gasteiger partial charge is 0.162 e. The van der Waals surface area contributed by atoms with Gasteiger partial charge in [0.15, 0.2) is 5.82 Å². The Morgan fingerprint density at radius 3 is 2.64 bits per heavy atom. The number of anilines is 3. The number of nitrogens with zero attached hydrogens (tertiary/aromatic N) is 3. The molecule has 1 aromatic heterocycles. The number of aromatic nitrogens is 2. The number of hydrogen-bond acceptors (Lipinski definition) is 7. The molecule has 2 heterocycles. The van der Waals surface area contributed by atoms with E-state index in [0.717, 1.165) is 52.2 Å². The van der Waals surface area contributed by atoms with E-state index in [1.165, 1.54) is 11.1 Å². The van der Waals surface area contributed by atoms with E-state index < -0.39 is 0 Å². The number of ether oxygens (including phenoxy) is 2. The fourth-order valence-electron chi connectivity index (χ4n) is 4.55. The minimum atomic E-state index is 0.469. The molecular weight excluding hydrogens is 486 g/mol. The normalized spacial score (nSPS) is 11.9. The molecule has 0 saturated carbocycles. The Bertz CT molecular complexity index is 1640. The van der Waals surface area contributed by atoms with Crippen LogP contribution in [0.15, 0.2) is 96.0 Å². The second-order valence-corrected chi connectivity index (χ2v) is 9.34. The second-order valence-electron chi connectivity index (χ2n) is 9.34. The molecule has 39 heavy (non-hydrogen) atoms. The van der Waals surface area contributed by atoms with Crippen molar-refractivity contribution in [3.05, 3.63) is 108 Å². The number of nitrogens with one attached hydrogen (secondary N) is 2. The van der Waals surface area contributed by atoms with Gasteiger partial charge in [0.25, 0.3) is 0 Å². The highest BCUT2D eigenvalue weighted by molar-refractivity contribution is 5.94. The van der Waals surface area contributed by atoms with Gasteiger partial charge in [-0.15, -0.1) is 0 Å². The fraction of sp³-hybridized carbons (Fsp3) is 0.156. The van der Waals surface area contributed by atoms with Gasteiger partial charge in [-0.25, -0.2) is 9.97 Å². The molecule has 2 N–H and O–H groups in total. The molecule has 7 nitrogen and oxygen atoms in total. The number of benzene rings is 4. The second kappa shape index (κ2) is 11.3. The highest BCUT2D eigenvalue weighted by atomic mass is 16.5. The third-order valence-corrected chi connectivity index (χ3v) is 6.58. The zero-order valence-electron chi connectivity index (χ0n) is 21.7. The standard InChI is InChI=1S/C32H29N5O2/c1-38-14-15-39-28-12-13-30-29(18-28)32(35-27-11-10-24-20-33-21-25(24)17-27)37-31(36-30)23-8-5-9-26(16-23)34-19-22-6-3-2-4-7-22/h2-13,16-18,21,34H,14-15,19-20H2,1H3,(H,35,36,37). The summed E-state index contributed by atoms with van der Waals surface area (Å²) >= 11 is 0. The minimum Gasteiger partial charge on any atom is -0.491 e. The molecule has 0 amide bonds. The maximum Gasteiger partial charge on any atom is 0.162 e. The third-order valence-electron chi connectivity index (χ3n) is 6.58. The van der Waals surface area contributed by atoms with Gasteiger partial charge < -0.3 is 20.1 Å². The first-order chi connectivity index (χ1) is 19.2. The quantitative estimate of drug-likeness (QED) is 0.204. The van der Waals surface area contributed by atoms with E-state index in [1.807, 2.05) is 54.7 Å². The predicted octanol–water partition coefficient (Wildman–Crippen LogP) is 6.61. The van der Waals surface area contributed by atoms with Crippen molar-refractivity contribution in [3.8, 4) is 17.1 Å². The summed E-state index contributed by atoms with van der Waals surface area (Å²) in [5.41, 5.74) is 7.28. The Kier molecular flexibility index (Phi) is 7.14. The molecule has 0 atom stereocenters. The lowest BCUT2D eigenvalue weighted by atomic mass is 10.1. The van der Waals surface area contributed by atoms with Crippen LogP contribution in [0.2, 0.25) is 0 Å². The average Bonchev–Trinajstić information content (AvgIpc) is 3.45. The molecule has 0 unspecified atom stereocenters. The number of rotatable bonds is 10. The largest absolute Gasteiger partial charge is 0.491 e. The zero-order chi connectivity index (χ0) is 26.4. The van der Waals surface area contributed by atoms with E-state index in [1.54, 1.807) is 7.11 Å². The Balaban J connectivity index is 1.35. The Morgan fingerprint density at radius 2 is 1.74 bits per heavy atom. The van der Waals surface area contributed by atoms with Crippen LogP contribution < -0.4 is 15.4 Å². The molecule has 1 aliphatic rings. The number of methoxy groups -OCH3 is 1. The van der Waals surface area contributed by atoms with Crippen molar-refractivity contribution in [2.24, 2.45) is 4.99 Å². The van der Waals surface area contributed by atoms with Crippen molar-refractivity contribution in [1.82, 2.24) is 9.97 Å². The summed E-state index contributed by atoms with van der Waals surface area (Å²) in [5, 5.41) is 7.92. The van der Waals surface area contributed by atoms with Crippen LogP contribution in [0.3, 0.4) is 0 Å². The molecule has 0 radical (unpaired) electrons. The Labute approximate surface area is 227 Å². The number of fused-ring (bicyclic) bond motifs is 2. The Hall–Kier alpha value is -4.75. The summed E-state index contributed by atoms with van der Waals surface area (Å²) in [6.07, 6.45) is 1.92. The molecule has 0 aliphatic carbocycles. The van der Waals surface area contributed by atoms with E-state index in [9.17, 15) is 0 Å². The lowest BCUT2D eigenvalue weighted by Gasteiger charge is -2.14. The first kappa shape index (κ1) is 24.6. The van der Waals surface area contributed by atoms with Crippen LogP contribution in [-0.4, -0.2) is 36.5 Å². The van der Waals surface area contributed by atoms with Crippen LogP contribution in [0.4, 0.5) is 17.2 Å². The van der Waals surface area contributed by atoms with E-state index in [0.29, 0.717) is 24.9 Å². The van der Waals surface area contributed by atoms with E-state index >= 15 is 0 Å². The van der Waals surface area contributed by atoms with Crippen molar-refractivity contribution in [3.63, 3.8) is 0 Å². The van der Waals surface area contributed by atoms with Gasteiger partial charge in [-0.2, -0.15) is 0 Å². The van der Waals surface area contributed by atoms with E-state index in [2.05, 4.69) is 58.1 Å². The van der Waals surface area contributed by atoms with Crippen LogP contribution in [-0.2, 0) is 17.8 Å². The molecule has 0 spiro atoms. The first-order valence-corrected chi connectivity index (χ1v) is 13.0. The van der Waals surface area contributed by atoms with Gasteiger partial charge in [0.05, 0.1) is 18.7 Å². The van der Waals surface area contributed by atoms with Gasteiger partial charge in [-0.3, -0.25) is 4.99 Å². The summed E-state index contributed by atoms with van der Waals surface area (Å²) in [6, 6.07) is 30.7. The minimum absolute atomic E-state index is 0.469. The van der Waals surface area contributed by atoms with Crippen LogP contribution in [0.5, 0.6) is 5.75 Å². The fourth-order valence-corrected chi connectivity index (χ4v) is 4.55. The van der Waals surface area contributed by atoms with Gasteiger partial charge >= 0.3 is 0 Å². The third kappa shape index (κ3) is 5.73. The Morgan fingerprint density at radius 1 is 0.821 bits per heavy atom. The molecule has 6 rings (SSSR count). The average molecular weight is 516 g/mol. The molecule has 0 saturated heterocycles. The maximum atomic E-state index is 5.88. The van der Waals surface area contributed by atoms with E-state index in [4.69, 9.17) is 19.4 Å². The summed E-state index contributed by atoms with van der Waals surface area (Å²) in [4.78, 5) is 14.3. The van der Waals surface area contributed by atoms with Gasteiger partial charge in [0, 0.05) is 42.2 Å². The maximum absolute atomic E-state index is 5.88. The lowest BCUT2D eigenvalue weighted by Crippen LogP contribution is -2.05. The van der Waals surface area contributed by atoms with Crippen molar-refractivity contribution < 1.29 is 9.47 Å². The lowest BCUT2D eigenvalue weighted by molar-refractivity contribution is 0.146. The van der Waals surface area contributed by atoms with E-state index in [-0.39, 0.29) is 0 Å². The summed E-state index contributed by atoms with van der Waals surface area (Å²) < 4.78 is 11.0. The number of hydrogen-bond donors (Lipinski definition) is 2. The van der Waals surface area contributed by atoms with Gasteiger partial charge in [0.2, 0.25) is 0 Å². The molecular formula is C32H29N5O2. The van der Waals surface area contributed by atoms with Crippen LogP contribution in [0.1, 0.15) is 16.7 Å². The summed E-state index contributed by atoms with van der Waals surface area (Å²) in [6.45, 7) is 2.46. The van der Waals surface area contributed by atoms with Gasteiger partial charge in [0.1, 0.15) is 18.2 Å². The summed E-state index contributed by atoms with van der Waals surface area (Å²) in [5.74, 6) is 2.10. The SMILES string of the molecule is COCCOc1ccc2nc(-c3cccc(NCc4ccccc4)c3)nc(Nc3ccc4c(c3)C=NC4)c2c1. The molecule has 5 aromatic rings. The van der Waals surface area contributed by atoms with Crippen LogP contribution in [0.25, 0.3) is 22.3 Å². The molecule has 4 aromatic carbocycles. The van der Waals surface area contributed by atoms with Gasteiger partial charge in [-0.05, 0) is 59.2 Å². The monoisotopic (exact) mass is 515 g/mol. The first-order valence-electron chi connectivity index (χ1n) is 13.0.